The highest BCUT2D eigenvalue weighted by Gasteiger charge is 2.36. The molecule has 1 atom stereocenters. The average Bonchev–Trinajstić information content (AvgIpc) is 2.50. The number of likely N-dealkylation sites (tertiary alicyclic amines) is 1. The Kier molecular flexibility index (Phi) is 5.27. The maximum absolute atomic E-state index is 12.0. The molecular weight excluding hydrogens is 270 g/mol. The van der Waals surface area contributed by atoms with E-state index in [0.717, 1.165) is 31.6 Å². The van der Waals surface area contributed by atoms with E-state index in [9.17, 15) is 9.90 Å². The van der Waals surface area contributed by atoms with Crippen molar-refractivity contribution in [3.63, 3.8) is 0 Å². The predicted molar refractivity (Wildman–Crippen MR) is 78.6 cm³/mol. The molecule has 1 aromatic rings. The number of aromatic nitrogens is 1. The molecule has 2 rings (SSSR count). The zero-order chi connectivity index (χ0) is 15.3. The lowest BCUT2D eigenvalue weighted by atomic mass is 9.83. The molecule has 6 heteroatoms. The van der Waals surface area contributed by atoms with E-state index in [1.165, 1.54) is 0 Å². The third-order valence-electron chi connectivity index (χ3n) is 4.05. The Morgan fingerprint density at radius 1 is 1.48 bits per heavy atom. The number of carbonyl (C=O) groups is 1. The second-order valence-electron chi connectivity index (χ2n) is 5.77. The first-order valence-corrected chi connectivity index (χ1v) is 7.24. The number of piperidine rings is 1. The predicted octanol–water partition coefficient (Wildman–Crippen LogP) is -0.442. The molecule has 3 N–H and O–H groups in total. The van der Waals surface area contributed by atoms with Gasteiger partial charge in [0.05, 0.1) is 6.61 Å². The van der Waals surface area contributed by atoms with Gasteiger partial charge in [-0.05, 0) is 32.0 Å². The van der Waals surface area contributed by atoms with Gasteiger partial charge in [0.15, 0.2) is 6.10 Å². The van der Waals surface area contributed by atoms with Gasteiger partial charge >= 0.3 is 0 Å². The second kappa shape index (κ2) is 6.98. The molecule has 0 aromatic carbocycles. The first kappa shape index (κ1) is 15.9. The Morgan fingerprint density at radius 2 is 2.19 bits per heavy atom. The van der Waals surface area contributed by atoms with Crippen molar-refractivity contribution < 1.29 is 15.0 Å². The molecule has 1 fully saturated rings. The first-order valence-electron chi connectivity index (χ1n) is 7.24. The molecule has 0 bridgehead atoms. The third kappa shape index (κ3) is 4.23. The van der Waals surface area contributed by atoms with Crippen LogP contribution < -0.4 is 5.32 Å². The normalized spacial score (nSPS) is 20.0. The quantitative estimate of drug-likeness (QED) is 0.685. The van der Waals surface area contributed by atoms with Crippen LogP contribution in [0.3, 0.4) is 0 Å². The smallest absolute Gasteiger partial charge is 0.251 e. The molecule has 1 aliphatic heterocycles. The molecule has 1 unspecified atom stereocenters. The van der Waals surface area contributed by atoms with E-state index in [1.54, 1.807) is 6.20 Å². The van der Waals surface area contributed by atoms with Crippen LogP contribution in [0.2, 0.25) is 0 Å². The monoisotopic (exact) mass is 293 g/mol. The van der Waals surface area contributed by atoms with Crippen LogP contribution in [-0.4, -0.2) is 64.4 Å². The number of aliphatic hydroxyl groups is 2. The fourth-order valence-electron chi connectivity index (χ4n) is 2.67. The van der Waals surface area contributed by atoms with Crippen molar-refractivity contribution in [3.8, 4) is 0 Å². The highest BCUT2D eigenvalue weighted by Crippen LogP contribution is 2.25. The van der Waals surface area contributed by atoms with E-state index in [4.69, 9.17) is 5.11 Å². The Labute approximate surface area is 124 Å². The van der Waals surface area contributed by atoms with Crippen LogP contribution in [0.4, 0.5) is 0 Å². The van der Waals surface area contributed by atoms with Gasteiger partial charge in [0.1, 0.15) is 0 Å². The zero-order valence-electron chi connectivity index (χ0n) is 12.3. The van der Waals surface area contributed by atoms with E-state index in [2.05, 4.69) is 22.2 Å². The van der Waals surface area contributed by atoms with Crippen molar-refractivity contribution >= 4 is 5.91 Å². The van der Waals surface area contributed by atoms with Crippen molar-refractivity contribution in [2.75, 3.05) is 26.7 Å². The van der Waals surface area contributed by atoms with Crippen LogP contribution >= 0.6 is 0 Å². The van der Waals surface area contributed by atoms with Gasteiger partial charge in [-0.15, -0.1) is 0 Å². The van der Waals surface area contributed by atoms with Crippen molar-refractivity contribution in [2.45, 2.75) is 30.9 Å². The maximum atomic E-state index is 12.0. The number of pyridine rings is 1. The molecule has 116 valence electrons. The van der Waals surface area contributed by atoms with Gasteiger partial charge in [-0.25, -0.2) is 0 Å². The number of rotatable bonds is 5. The van der Waals surface area contributed by atoms with Crippen molar-refractivity contribution in [3.05, 3.63) is 30.1 Å². The summed E-state index contributed by atoms with van der Waals surface area (Å²) in [6.45, 7) is 1.19. The zero-order valence-corrected chi connectivity index (χ0v) is 12.3. The molecule has 21 heavy (non-hydrogen) atoms. The Hall–Kier alpha value is -1.50. The number of nitrogens with zero attached hydrogens (tertiary/aromatic N) is 2. The molecule has 0 aliphatic carbocycles. The van der Waals surface area contributed by atoms with E-state index in [-0.39, 0.29) is 0 Å². The van der Waals surface area contributed by atoms with Crippen LogP contribution in [0.5, 0.6) is 0 Å². The summed E-state index contributed by atoms with van der Waals surface area (Å²) < 4.78 is 0. The van der Waals surface area contributed by atoms with Crippen LogP contribution in [0.1, 0.15) is 18.5 Å². The standard InChI is InChI=1S/C15H23N3O3/c1-18-8-5-15(6-9-18,17-14(21)13(20)11-19)10-12-4-2-3-7-16-12/h2-4,7,13,19-20H,5-6,8-11H2,1H3,(H,17,21). The summed E-state index contributed by atoms with van der Waals surface area (Å²) in [4.78, 5) is 18.5. The number of aliphatic hydroxyl groups excluding tert-OH is 2. The summed E-state index contributed by atoms with van der Waals surface area (Å²) in [5, 5.41) is 21.4. The Balaban J connectivity index is 2.13. The van der Waals surface area contributed by atoms with E-state index in [1.807, 2.05) is 18.2 Å². The highest BCUT2D eigenvalue weighted by molar-refractivity contribution is 5.81. The summed E-state index contributed by atoms with van der Waals surface area (Å²) in [6, 6.07) is 5.73. The summed E-state index contributed by atoms with van der Waals surface area (Å²) in [5.41, 5.74) is 0.509. The molecular formula is C15H23N3O3. The summed E-state index contributed by atoms with van der Waals surface area (Å²) in [5.74, 6) is -0.516. The molecule has 1 saturated heterocycles. The van der Waals surface area contributed by atoms with Crippen molar-refractivity contribution in [1.82, 2.24) is 15.2 Å². The third-order valence-corrected chi connectivity index (χ3v) is 4.05. The van der Waals surface area contributed by atoms with Crippen LogP contribution in [0.25, 0.3) is 0 Å². The minimum atomic E-state index is -1.37. The number of carbonyl (C=O) groups excluding carboxylic acids is 1. The lowest BCUT2D eigenvalue weighted by Gasteiger charge is -2.41. The number of hydrogen-bond acceptors (Lipinski definition) is 5. The first-order chi connectivity index (χ1) is 10.0. The van der Waals surface area contributed by atoms with Crippen molar-refractivity contribution in [2.24, 2.45) is 0 Å². The lowest BCUT2D eigenvalue weighted by molar-refractivity contribution is -0.133. The minimum Gasteiger partial charge on any atom is -0.393 e. The SMILES string of the molecule is CN1CCC(Cc2ccccn2)(NC(=O)C(O)CO)CC1. The molecule has 1 aliphatic rings. The van der Waals surface area contributed by atoms with Crippen LogP contribution in [0.15, 0.2) is 24.4 Å². The van der Waals surface area contributed by atoms with Gasteiger partial charge in [-0.1, -0.05) is 6.07 Å². The van der Waals surface area contributed by atoms with Gasteiger partial charge in [-0.3, -0.25) is 9.78 Å². The molecule has 0 saturated carbocycles. The van der Waals surface area contributed by atoms with Crippen LogP contribution in [0, 0.1) is 0 Å². The maximum Gasteiger partial charge on any atom is 0.251 e. The number of nitrogens with one attached hydrogen (secondary N) is 1. The number of hydrogen-bond donors (Lipinski definition) is 3. The fraction of sp³-hybridized carbons (Fsp3) is 0.600. The minimum absolute atomic E-state index is 0.409. The summed E-state index contributed by atoms with van der Waals surface area (Å²) >= 11 is 0. The van der Waals surface area contributed by atoms with Gasteiger partial charge in [0, 0.05) is 36.9 Å². The van der Waals surface area contributed by atoms with Gasteiger partial charge in [0.25, 0.3) is 5.91 Å². The van der Waals surface area contributed by atoms with Crippen molar-refractivity contribution in [1.29, 1.82) is 0 Å². The molecule has 0 spiro atoms. The summed E-state index contributed by atoms with van der Waals surface area (Å²) in [7, 11) is 2.05. The van der Waals surface area contributed by atoms with Gasteiger partial charge in [-0.2, -0.15) is 0 Å². The summed E-state index contributed by atoms with van der Waals surface area (Å²) in [6.07, 6.45) is 2.59. The van der Waals surface area contributed by atoms with E-state index in [0.29, 0.717) is 6.42 Å². The average molecular weight is 293 g/mol. The topological polar surface area (TPSA) is 85.7 Å². The molecule has 1 amide bonds. The van der Waals surface area contributed by atoms with Crippen LogP contribution in [-0.2, 0) is 11.2 Å². The largest absolute Gasteiger partial charge is 0.393 e. The number of amides is 1. The lowest BCUT2D eigenvalue weighted by Crippen LogP contribution is -2.58. The molecule has 2 heterocycles. The second-order valence-corrected chi connectivity index (χ2v) is 5.77. The molecule has 6 nitrogen and oxygen atoms in total. The molecule has 0 radical (unpaired) electrons. The van der Waals surface area contributed by atoms with Gasteiger partial charge in [0.2, 0.25) is 0 Å². The Bertz CT molecular complexity index is 458. The van der Waals surface area contributed by atoms with E-state index < -0.39 is 24.2 Å². The van der Waals surface area contributed by atoms with E-state index >= 15 is 0 Å². The fourth-order valence-corrected chi connectivity index (χ4v) is 2.67. The van der Waals surface area contributed by atoms with Gasteiger partial charge < -0.3 is 20.4 Å². The molecule has 1 aromatic heterocycles. The highest BCUT2D eigenvalue weighted by atomic mass is 16.3. The Morgan fingerprint density at radius 3 is 2.76 bits per heavy atom.